The summed E-state index contributed by atoms with van der Waals surface area (Å²) in [6.07, 6.45) is 0. The number of hydrogen-bond acceptors (Lipinski definition) is 0. The third kappa shape index (κ3) is 3.75. The fraction of sp³-hybridized carbons (Fsp3) is 0.857. The topological polar surface area (TPSA) is 0 Å². The molecule has 0 amide bonds. The molecule has 0 aromatic carbocycles. The van der Waals surface area contributed by atoms with Gasteiger partial charge < -0.3 is 0 Å². The van der Waals surface area contributed by atoms with Gasteiger partial charge >= 0.3 is 111 Å². The Balaban J connectivity index is 4.98. The van der Waals surface area contributed by atoms with Gasteiger partial charge in [-0.25, -0.2) is 0 Å². The minimum atomic E-state index is -1.22. The molecule has 0 aromatic heterocycles. The molecule has 0 N–H and O–H groups in total. The fourth-order valence-corrected chi connectivity index (χ4v) is 11.0. The first-order chi connectivity index (χ1) is 7.28. The van der Waals surface area contributed by atoms with Crippen molar-refractivity contribution < 1.29 is 0 Å². The monoisotopic (exact) mass is 306 g/mol. The molecular weight excluding hydrogens is 275 g/mol. The predicted octanol–water partition coefficient (Wildman–Crippen LogP) is 5.39. The summed E-state index contributed by atoms with van der Waals surface area (Å²) in [4.78, 5) is 0. The average molecular weight is 305 g/mol. The van der Waals surface area contributed by atoms with Gasteiger partial charge in [0, 0.05) is 0 Å². The molecule has 0 unspecified atom stereocenters. The summed E-state index contributed by atoms with van der Waals surface area (Å²) in [5.41, 5.74) is 4.14. The molecule has 0 spiro atoms. The van der Waals surface area contributed by atoms with E-state index in [1.54, 1.807) is 0 Å². The van der Waals surface area contributed by atoms with Crippen LogP contribution in [0.1, 0.15) is 41.5 Å². The first-order valence-corrected chi connectivity index (χ1v) is 11.8. The van der Waals surface area contributed by atoms with E-state index in [0.29, 0.717) is 0 Å². The van der Waals surface area contributed by atoms with Crippen molar-refractivity contribution >= 4 is 23.0 Å². The van der Waals surface area contributed by atoms with Crippen LogP contribution in [0.25, 0.3) is 0 Å². The number of hydrogen-bond donors (Lipinski definition) is 0. The van der Waals surface area contributed by atoms with Gasteiger partial charge in [-0.05, 0) is 0 Å². The van der Waals surface area contributed by atoms with E-state index in [2.05, 4.69) is 53.9 Å². The fourth-order valence-electron chi connectivity index (χ4n) is 3.30. The Morgan fingerprint density at radius 1 is 1.00 bits per heavy atom. The van der Waals surface area contributed by atoms with Gasteiger partial charge in [-0.1, -0.05) is 0 Å². The average Bonchev–Trinajstić information content (AvgIpc) is 2.12. The summed E-state index contributed by atoms with van der Waals surface area (Å²) >= 11 is 0.752. The molecule has 2 heteroatoms. The van der Waals surface area contributed by atoms with E-state index in [-0.39, 0.29) is 0 Å². The van der Waals surface area contributed by atoms with Crippen molar-refractivity contribution in [3.63, 3.8) is 0 Å². The Kier molecular flexibility index (Phi) is 7.24. The third-order valence-electron chi connectivity index (χ3n) is 4.13. The van der Waals surface area contributed by atoms with Gasteiger partial charge in [0.1, 0.15) is 0 Å². The molecule has 0 rings (SSSR count). The molecular formula is C14H30SeSi. The second-order valence-corrected chi connectivity index (χ2v) is 13.8. The van der Waals surface area contributed by atoms with Crippen LogP contribution in [-0.4, -0.2) is 23.0 Å². The molecule has 0 aliphatic carbocycles. The van der Waals surface area contributed by atoms with Crippen molar-refractivity contribution in [2.75, 3.05) is 0 Å². The van der Waals surface area contributed by atoms with Gasteiger partial charge in [0.15, 0.2) is 0 Å². The summed E-state index contributed by atoms with van der Waals surface area (Å²) in [5, 5.41) is 1.29. The Hall–Kier alpha value is 0.476. The molecule has 0 aliphatic heterocycles. The van der Waals surface area contributed by atoms with Crippen molar-refractivity contribution in [3.8, 4) is 0 Å². The van der Waals surface area contributed by atoms with Crippen LogP contribution < -0.4 is 0 Å². The zero-order valence-electron chi connectivity index (χ0n) is 12.3. The molecule has 0 aliphatic rings. The third-order valence-corrected chi connectivity index (χ3v) is 13.2. The molecule has 0 saturated heterocycles. The van der Waals surface area contributed by atoms with Gasteiger partial charge in [0.25, 0.3) is 0 Å². The second-order valence-electron chi connectivity index (χ2n) is 5.94. The zero-order chi connectivity index (χ0) is 12.9. The molecule has 0 atom stereocenters. The van der Waals surface area contributed by atoms with E-state index >= 15 is 0 Å². The summed E-state index contributed by atoms with van der Waals surface area (Å²) in [7, 11) is -1.22. The molecule has 96 valence electrons. The molecule has 0 radical (unpaired) electrons. The first kappa shape index (κ1) is 16.5. The molecule has 0 aromatic rings. The van der Waals surface area contributed by atoms with Crippen molar-refractivity contribution in [1.82, 2.24) is 0 Å². The van der Waals surface area contributed by atoms with Crippen LogP contribution in [0.4, 0.5) is 0 Å². The van der Waals surface area contributed by atoms with Crippen LogP contribution >= 0.6 is 0 Å². The predicted molar refractivity (Wildman–Crippen MR) is 81.4 cm³/mol. The Bertz CT molecular complexity index is 197. The standard InChI is InChI=1S/C14H30SeSi/c1-11(2)16(12(3)4,13(5)6)10-14(7)9-15-8/h11-13H,7,9-10H2,1-6,8H3. The van der Waals surface area contributed by atoms with Crippen LogP contribution in [0.5, 0.6) is 0 Å². The van der Waals surface area contributed by atoms with E-state index in [1.807, 2.05) is 0 Å². The van der Waals surface area contributed by atoms with Crippen LogP contribution in [0.15, 0.2) is 12.2 Å². The van der Waals surface area contributed by atoms with Crippen LogP contribution in [-0.2, 0) is 0 Å². The first-order valence-electron chi connectivity index (χ1n) is 6.44. The second kappa shape index (κ2) is 7.03. The van der Waals surface area contributed by atoms with Crippen molar-refractivity contribution in [3.05, 3.63) is 12.2 Å². The van der Waals surface area contributed by atoms with E-state index in [1.165, 1.54) is 16.9 Å². The van der Waals surface area contributed by atoms with Gasteiger partial charge in [0.05, 0.1) is 0 Å². The van der Waals surface area contributed by atoms with Crippen molar-refractivity contribution in [2.24, 2.45) is 0 Å². The van der Waals surface area contributed by atoms with E-state index < -0.39 is 8.07 Å². The van der Waals surface area contributed by atoms with E-state index in [4.69, 9.17) is 0 Å². The van der Waals surface area contributed by atoms with Crippen LogP contribution in [0.2, 0.25) is 33.8 Å². The summed E-state index contributed by atoms with van der Waals surface area (Å²) in [6, 6.07) is 1.36. The maximum absolute atomic E-state index is 4.33. The summed E-state index contributed by atoms with van der Waals surface area (Å²) in [6.45, 7) is 19.0. The van der Waals surface area contributed by atoms with Crippen LogP contribution in [0, 0.1) is 0 Å². The van der Waals surface area contributed by atoms with Gasteiger partial charge in [-0.2, -0.15) is 0 Å². The number of rotatable bonds is 7. The van der Waals surface area contributed by atoms with E-state index in [9.17, 15) is 0 Å². The summed E-state index contributed by atoms with van der Waals surface area (Å²) < 4.78 is 0. The summed E-state index contributed by atoms with van der Waals surface area (Å²) in [5.74, 6) is 2.32. The Labute approximate surface area is 110 Å². The molecule has 16 heavy (non-hydrogen) atoms. The maximum atomic E-state index is 4.33. The van der Waals surface area contributed by atoms with Gasteiger partial charge in [-0.15, -0.1) is 0 Å². The van der Waals surface area contributed by atoms with Crippen molar-refractivity contribution in [2.45, 2.75) is 75.4 Å². The molecule has 0 bridgehead atoms. The normalized spacial score (nSPS) is 12.9. The molecule has 0 saturated carbocycles. The Morgan fingerprint density at radius 2 is 1.38 bits per heavy atom. The van der Waals surface area contributed by atoms with Crippen LogP contribution in [0.3, 0.4) is 0 Å². The minimum absolute atomic E-state index is 0.752. The zero-order valence-corrected chi connectivity index (χ0v) is 15.0. The van der Waals surface area contributed by atoms with Gasteiger partial charge in [0.2, 0.25) is 0 Å². The van der Waals surface area contributed by atoms with Crippen molar-refractivity contribution in [1.29, 1.82) is 0 Å². The molecule has 0 nitrogen and oxygen atoms in total. The Morgan fingerprint density at radius 3 is 1.62 bits per heavy atom. The molecule has 0 fully saturated rings. The quantitative estimate of drug-likeness (QED) is 0.437. The van der Waals surface area contributed by atoms with Gasteiger partial charge in [-0.3, -0.25) is 0 Å². The molecule has 0 heterocycles. The van der Waals surface area contributed by atoms with E-state index in [0.717, 1.165) is 31.6 Å². The number of allylic oxidation sites excluding steroid dienone is 1. The SMILES string of the molecule is C=C(C[Se]C)C[Si](C(C)C)(C(C)C)C(C)C.